The van der Waals surface area contributed by atoms with Crippen LogP contribution in [0.15, 0.2) is 48.0 Å². The number of hydrogen-bond acceptors (Lipinski definition) is 4. The van der Waals surface area contributed by atoms with E-state index in [4.69, 9.17) is 9.47 Å². The SMILES string of the molecule is CCOc1ccc(/C=C(/C#N)C(=O)Nc2ccccc2I)cc1OC. The van der Waals surface area contributed by atoms with Gasteiger partial charge in [-0.15, -0.1) is 0 Å². The van der Waals surface area contributed by atoms with E-state index in [-0.39, 0.29) is 5.57 Å². The summed E-state index contributed by atoms with van der Waals surface area (Å²) < 4.78 is 11.6. The van der Waals surface area contributed by atoms with Gasteiger partial charge < -0.3 is 14.8 Å². The molecule has 0 bridgehead atoms. The fraction of sp³-hybridized carbons (Fsp3) is 0.158. The van der Waals surface area contributed by atoms with E-state index < -0.39 is 5.91 Å². The molecule has 0 aromatic heterocycles. The third kappa shape index (κ3) is 4.97. The van der Waals surface area contributed by atoms with Crippen LogP contribution in [0.3, 0.4) is 0 Å². The zero-order valence-electron chi connectivity index (χ0n) is 13.9. The van der Waals surface area contributed by atoms with Gasteiger partial charge in [-0.1, -0.05) is 18.2 Å². The van der Waals surface area contributed by atoms with Gasteiger partial charge in [-0.2, -0.15) is 5.26 Å². The molecule has 0 fully saturated rings. The zero-order chi connectivity index (χ0) is 18.2. The molecule has 0 saturated heterocycles. The van der Waals surface area contributed by atoms with E-state index in [0.29, 0.717) is 29.4 Å². The van der Waals surface area contributed by atoms with Gasteiger partial charge in [0.25, 0.3) is 5.91 Å². The van der Waals surface area contributed by atoms with E-state index >= 15 is 0 Å². The van der Waals surface area contributed by atoms with Gasteiger partial charge in [0.2, 0.25) is 0 Å². The average Bonchev–Trinajstić information content (AvgIpc) is 2.62. The van der Waals surface area contributed by atoms with Crippen molar-refractivity contribution >= 4 is 40.3 Å². The number of rotatable bonds is 6. The highest BCUT2D eigenvalue weighted by Gasteiger charge is 2.12. The molecule has 1 amide bonds. The number of nitrogens with zero attached hydrogens (tertiary/aromatic N) is 1. The maximum Gasteiger partial charge on any atom is 0.266 e. The van der Waals surface area contributed by atoms with E-state index in [1.807, 2.05) is 31.2 Å². The number of halogens is 1. The lowest BCUT2D eigenvalue weighted by molar-refractivity contribution is -0.112. The first-order valence-corrected chi connectivity index (χ1v) is 8.65. The molecule has 0 spiro atoms. The number of nitriles is 1. The minimum Gasteiger partial charge on any atom is -0.493 e. The van der Waals surface area contributed by atoms with Crippen LogP contribution >= 0.6 is 22.6 Å². The molecule has 25 heavy (non-hydrogen) atoms. The lowest BCUT2D eigenvalue weighted by Gasteiger charge is -2.10. The molecule has 0 heterocycles. The first-order chi connectivity index (χ1) is 12.1. The number of benzene rings is 2. The summed E-state index contributed by atoms with van der Waals surface area (Å²) >= 11 is 2.13. The number of nitrogens with one attached hydrogen (secondary N) is 1. The highest BCUT2D eigenvalue weighted by molar-refractivity contribution is 14.1. The van der Waals surface area contributed by atoms with Crippen LogP contribution in [0.2, 0.25) is 0 Å². The molecule has 2 rings (SSSR count). The van der Waals surface area contributed by atoms with E-state index in [2.05, 4.69) is 27.9 Å². The van der Waals surface area contributed by atoms with Crippen molar-refractivity contribution in [1.82, 2.24) is 0 Å². The van der Waals surface area contributed by atoms with Gasteiger partial charge in [0.15, 0.2) is 11.5 Å². The first kappa shape index (κ1) is 18.8. The van der Waals surface area contributed by atoms with Crippen molar-refractivity contribution in [2.24, 2.45) is 0 Å². The largest absolute Gasteiger partial charge is 0.493 e. The van der Waals surface area contributed by atoms with Crippen molar-refractivity contribution in [3.63, 3.8) is 0 Å². The van der Waals surface area contributed by atoms with E-state index in [1.165, 1.54) is 6.08 Å². The zero-order valence-corrected chi connectivity index (χ0v) is 16.0. The average molecular weight is 448 g/mol. The third-order valence-corrected chi connectivity index (χ3v) is 4.23. The quantitative estimate of drug-likeness (QED) is 0.408. The predicted octanol–water partition coefficient (Wildman–Crippen LogP) is 4.24. The van der Waals surface area contributed by atoms with Crippen LogP contribution in [-0.2, 0) is 4.79 Å². The molecule has 1 N–H and O–H groups in total. The maximum atomic E-state index is 12.4. The van der Waals surface area contributed by atoms with Gasteiger partial charge >= 0.3 is 0 Å². The minimum absolute atomic E-state index is 0.00543. The Bertz CT molecular complexity index is 841. The fourth-order valence-electron chi connectivity index (χ4n) is 2.12. The van der Waals surface area contributed by atoms with Crippen LogP contribution < -0.4 is 14.8 Å². The van der Waals surface area contributed by atoms with Crippen molar-refractivity contribution in [2.45, 2.75) is 6.92 Å². The van der Waals surface area contributed by atoms with E-state index in [1.54, 1.807) is 31.4 Å². The third-order valence-electron chi connectivity index (χ3n) is 3.29. The number of amides is 1. The van der Waals surface area contributed by atoms with Crippen LogP contribution in [-0.4, -0.2) is 19.6 Å². The van der Waals surface area contributed by atoms with E-state index in [9.17, 15) is 10.1 Å². The van der Waals surface area contributed by atoms with Crippen molar-refractivity contribution in [2.75, 3.05) is 19.0 Å². The minimum atomic E-state index is -0.459. The number of carbonyl (C=O) groups excluding carboxylic acids is 1. The summed E-state index contributed by atoms with van der Waals surface area (Å²) in [6, 6.07) is 14.6. The van der Waals surface area contributed by atoms with Crippen LogP contribution in [0.25, 0.3) is 6.08 Å². The lowest BCUT2D eigenvalue weighted by Crippen LogP contribution is -2.14. The Labute approximate surface area is 160 Å². The summed E-state index contributed by atoms with van der Waals surface area (Å²) in [6.45, 7) is 2.41. The first-order valence-electron chi connectivity index (χ1n) is 7.57. The van der Waals surface area contributed by atoms with Gasteiger partial charge in [-0.05, 0) is 65.4 Å². The molecular weight excluding hydrogens is 431 g/mol. The predicted molar refractivity (Wildman–Crippen MR) is 106 cm³/mol. The maximum absolute atomic E-state index is 12.4. The summed E-state index contributed by atoms with van der Waals surface area (Å²) in [5, 5.41) is 12.1. The Kier molecular flexibility index (Phi) is 6.83. The highest BCUT2D eigenvalue weighted by Crippen LogP contribution is 2.29. The van der Waals surface area contributed by atoms with Crippen LogP contribution in [0.5, 0.6) is 11.5 Å². The number of anilines is 1. The molecule has 6 heteroatoms. The van der Waals surface area contributed by atoms with Crippen molar-refractivity contribution in [3.05, 3.63) is 57.2 Å². The van der Waals surface area contributed by atoms with Gasteiger partial charge in [0.1, 0.15) is 11.6 Å². The second-order valence-electron chi connectivity index (χ2n) is 4.95. The summed E-state index contributed by atoms with van der Waals surface area (Å²) in [5.41, 5.74) is 1.35. The topological polar surface area (TPSA) is 71.3 Å². The molecule has 2 aromatic rings. The standard InChI is InChI=1S/C19H17IN2O3/c1-3-25-17-9-8-13(11-18(17)24-2)10-14(12-21)19(23)22-16-7-5-4-6-15(16)20/h4-11H,3H2,1-2H3,(H,22,23)/b14-10-. The summed E-state index contributed by atoms with van der Waals surface area (Å²) in [7, 11) is 1.54. The van der Waals surface area contributed by atoms with Crippen LogP contribution in [0.1, 0.15) is 12.5 Å². The van der Waals surface area contributed by atoms with Crippen molar-refractivity contribution < 1.29 is 14.3 Å². The van der Waals surface area contributed by atoms with Crippen molar-refractivity contribution in [3.8, 4) is 17.6 Å². The van der Waals surface area contributed by atoms with Gasteiger partial charge in [-0.3, -0.25) is 4.79 Å². The molecule has 2 aromatic carbocycles. The van der Waals surface area contributed by atoms with Crippen molar-refractivity contribution in [1.29, 1.82) is 5.26 Å². The second-order valence-corrected chi connectivity index (χ2v) is 6.11. The highest BCUT2D eigenvalue weighted by atomic mass is 127. The Balaban J connectivity index is 2.26. The molecular formula is C19H17IN2O3. The lowest BCUT2D eigenvalue weighted by atomic mass is 10.1. The monoisotopic (exact) mass is 448 g/mol. The molecule has 0 atom stereocenters. The second kappa shape index (κ2) is 9.08. The normalized spacial score (nSPS) is 10.7. The molecule has 0 aliphatic heterocycles. The Morgan fingerprint density at radius 2 is 2.04 bits per heavy atom. The van der Waals surface area contributed by atoms with Crippen LogP contribution in [0.4, 0.5) is 5.69 Å². The number of ether oxygens (including phenoxy) is 2. The number of carbonyl (C=O) groups is 1. The number of methoxy groups -OCH3 is 1. The van der Waals surface area contributed by atoms with E-state index in [0.717, 1.165) is 3.57 Å². The van der Waals surface area contributed by atoms with Gasteiger partial charge in [0.05, 0.1) is 19.4 Å². The summed E-state index contributed by atoms with van der Waals surface area (Å²) in [6.07, 6.45) is 1.52. The number of hydrogen-bond donors (Lipinski definition) is 1. The van der Waals surface area contributed by atoms with Gasteiger partial charge in [0, 0.05) is 3.57 Å². The Morgan fingerprint density at radius 1 is 1.28 bits per heavy atom. The van der Waals surface area contributed by atoms with Gasteiger partial charge in [-0.25, -0.2) is 0 Å². The molecule has 5 nitrogen and oxygen atoms in total. The molecule has 0 unspecified atom stereocenters. The Morgan fingerprint density at radius 3 is 2.68 bits per heavy atom. The molecule has 0 radical (unpaired) electrons. The Hall–Kier alpha value is -2.53. The smallest absolute Gasteiger partial charge is 0.266 e. The number of para-hydroxylation sites is 1. The molecule has 0 aliphatic carbocycles. The molecule has 128 valence electrons. The fourth-order valence-corrected chi connectivity index (χ4v) is 2.64. The summed E-state index contributed by atoms with van der Waals surface area (Å²) in [5.74, 6) is 0.703. The summed E-state index contributed by atoms with van der Waals surface area (Å²) in [4.78, 5) is 12.4. The molecule has 0 saturated carbocycles. The van der Waals surface area contributed by atoms with Crippen LogP contribution in [0, 0.1) is 14.9 Å². The molecule has 0 aliphatic rings.